The van der Waals surface area contributed by atoms with Crippen LogP contribution < -0.4 is 5.56 Å². The zero-order valence-electron chi connectivity index (χ0n) is 42.9. The molecular formula is C37H40F4N4O2S. The molecule has 0 bridgehead atoms. The average molecular weight is 698 g/mol. The number of hydrogen-bond donors (Lipinski definition) is 0. The number of amides is 1. The number of halogens is 4. The van der Waals surface area contributed by atoms with E-state index in [4.69, 9.17) is 20.6 Å². The molecule has 0 fully saturated rings. The lowest BCUT2D eigenvalue weighted by Gasteiger charge is -2.28. The fourth-order valence-electron chi connectivity index (χ4n) is 4.36. The Morgan fingerprint density at radius 2 is 1.65 bits per heavy atom. The van der Waals surface area contributed by atoms with Crippen LogP contribution in [0.1, 0.15) is 72.0 Å². The monoisotopic (exact) mass is 697 g/mol. The third kappa shape index (κ3) is 8.73. The number of nitrogens with zero attached hydrogens (tertiary/aromatic N) is 4. The van der Waals surface area contributed by atoms with Crippen molar-refractivity contribution in [1.29, 1.82) is 0 Å². The molecule has 0 radical (unpaired) electrons. The zero-order chi connectivity index (χ0) is 49.5. The fourth-order valence-corrected chi connectivity index (χ4v) is 5.31. The van der Waals surface area contributed by atoms with Crippen LogP contribution in [0.4, 0.5) is 17.6 Å². The summed E-state index contributed by atoms with van der Waals surface area (Å²) in [5, 5.41) is -0.471. The van der Waals surface area contributed by atoms with Crippen LogP contribution in [0.5, 0.6) is 0 Å². The second kappa shape index (κ2) is 15.5. The van der Waals surface area contributed by atoms with Crippen LogP contribution >= 0.6 is 11.8 Å². The molecule has 1 aliphatic rings. The first-order valence-corrected chi connectivity index (χ1v) is 15.5. The van der Waals surface area contributed by atoms with Gasteiger partial charge >= 0.3 is 6.18 Å². The van der Waals surface area contributed by atoms with Gasteiger partial charge in [-0.15, -0.1) is 0 Å². The topological polar surface area (TPSA) is 58.4 Å². The van der Waals surface area contributed by atoms with E-state index in [-0.39, 0.29) is 23.7 Å². The summed E-state index contributed by atoms with van der Waals surface area (Å²) in [7, 11) is 0. The predicted molar refractivity (Wildman–Crippen MR) is 181 cm³/mol. The third-order valence-corrected chi connectivity index (χ3v) is 7.95. The first-order chi connectivity index (χ1) is 29.7. The van der Waals surface area contributed by atoms with Gasteiger partial charge in [-0.1, -0.05) is 80.9 Å². The third-order valence-electron chi connectivity index (χ3n) is 6.90. The van der Waals surface area contributed by atoms with Crippen LogP contribution in [0.3, 0.4) is 0 Å². The average Bonchev–Trinajstić information content (AvgIpc) is 3.31. The molecule has 1 atom stereocenters. The molecular weight excluding hydrogens is 640 g/mol. The number of rotatable bonds is 13. The summed E-state index contributed by atoms with van der Waals surface area (Å²) in [4.78, 5) is 33.5. The maximum atomic E-state index is 14.9. The second-order valence-electron chi connectivity index (χ2n) is 10.3. The van der Waals surface area contributed by atoms with Crippen molar-refractivity contribution in [2.75, 3.05) is 26.1 Å². The van der Waals surface area contributed by atoms with E-state index >= 15 is 0 Å². The molecule has 1 amide bonds. The molecule has 0 spiro atoms. The summed E-state index contributed by atoms with van der Waals surface area (Å²) >= 11 is 0.688. The number of thioether (sulfide) groups is 1. The van der Waals surface area contributed by atoms with Crippen LogP contribution in [0.15, 0.2) is 82.6 Å². The van der Waals surface area contributed by atoms with Crippen molar-refractivity contribution in [1.82, 2.24) is 19.4 Å². The van der Waals surface area contributed by atoms with Crippen molar-refractivity contribution in [3.8, 4) is 11.1 Å². The van der Waals surface area contributed by atoms with Gasteiger partial charge in [0.05, 0.1) is 19.3 Å². The van der Waals surface area contributed by atoms with E-state index in [2.05, 4.69) is 4.98 Å². The highest BCUT2D eigenvalue weighted by Crippen LogP contribution is 2.32. The minimum absolute atomic E-state index is 0.124. The fraction of sp³-hybridized carbons (Fsp3) is 0.378. The molecule has 0 saturated heterocycles. The number of likely N-dealkylation sites (N-methyl/N-ethyl adjacent to an activating group) is 1. The summed E-state index contributed by atoms with van der Waals surface area (Å²) in [5.74, 6) is -4.98. The molecule has 0 aliphatic heterocycles. The predicted octanol–water partition coefficient (Wildman–Crippen LogP) is 7.47. The highest BCUT2D eigenvalue weighted by atomic mass is 32.2. The van der Waals surface area contributed by atoms with Gasteiger partial charge in [0, 0.05) is 46.1 Å². The van der Waals surface area contributed by atoms with E-state index in [1.807, 2.05) is 0 Å². The van der Waals surface area contributed by atoms with Crippen molar-refractivity contribution >= 4 is 17.7 Å². The normalized spacial score (nSPS) is 23.7. The maximum Gasteiger partial charge on any atom is 0.416 e. The summed E-state index contributed by atoms with van der Waals surface area (Å²) < 4.78 is 204. The van der Waals surface area contributed by atoms with E-state index < -0.39 is 155 Å². The molecule has 4 aromatic rings. The number of aromatic nitrogens is 2. The molecule has 48 heavy (non-hydrogen) atoms. The maximum absolute atomic E-state index is 14.9. The summed E-state index contributed by atoms with van der Waals surface area (Å²) in [6, 6.07) is -5.53. The van der Waals surface area contributed by atoms with E-state index in [0.29, 0.717) is 17.3 Å². The largest absolute Gasteiger partial charge is 0.416 e. The molecule has 1 unspecified atom stereocenters. The quantitative estimate of drug-likeness (QED) is 0.0825. The summed E-state index contributed by atoms with van der Waals surface area (Å²) in [5.41, 5.74) is -7.49. The number of fused-ring (bicyclic) bond motifs is 1. The molecule has 6 nitrogen and oxygen atoms in total. The van der Waals surface area contributed by atoms with Crippen molar-refractivity contribution in [3.05, 3.63) is 117 Å². The smallest absolute Gasteiger partial charge is 0.336 e. The lowest BCUT2D eigenvalue weighted by atomic mass is 10.0. The Kier molecular flexibility index (Phi) is 6.23. The molecule has 3 aromatic carbocycles. The Bertz CT molecular complexity index is 2570. The highest BCUT2D eigenvalue weighted by Gasteiger charge is 2.30. The van der Waals surface area contributed by atoms with Gasteiger partial charge in [0.15, 0.2) is 5.16 Å². The van der Waals surface area contributed by atoms with Gasteiger partial charge in [0.25, 0.3) is 5.56 Å². The summed E-state index contributed by atoms with van der Waals surface area (Å²) in [6.45, 7) is -5.83. The number of carbonyl (C=O) groups is 1. The van der Waals surface area contributed by atoms with Gasteiger partial charge in [-0.2, -0.15) is 18.2 Å². The highest BCUT2D eigenvalue weighted by molar-refractivity contribution is 7.98. The molecule has 1 heterocycles. The Labute approximate surface area is 306 Å². The van der Waals surface area contributed by atoms with Crippen LogP contribution in [-0.4, -0.2) is 51.3 Å². The van der Waals surface area contributed by atoms with E-state index in [0.717, 1.165) is 28.5 Å². The SMILES string of the molecule is [2H]c1c([2H])c(-c2c([2H])c([2H])c(C(F)(F)F)c([2H])c2[2H])c([2H])c([2H])c1CN(C(=O)Cn1c(SCc2ccc(F)cc2)nc(=O)c2c1C([2H])([2H])C([2H])(C)C2([2H])[2H])C([2H])([2H])C([2H])([2H])N(CC)CC. The van der Waals surface area contributed by atoms with E-state index in [1.165, 1.54) is 26.0 Å². The Balaban J connectivity index is 1.77. The Morgan fingerprint density at radius 1 is 1.02 bits per heavy atom. The van der Waals surface area contributed by atoms with Gasteiger partial charge in [0.2, 0.25) is 5.91 Å². The Morgan fingerprint density at radius 3 is 2.25 bits per heavy atom. The van der Waals surface area contributed by atoms with Crippen LogP contribution in [-0.2, 0) is 42.6 Å². The lowest BCUT2D eigenvalue weighted by molar-refractivity contribution is -0.137. The zero-order valence-corrected chi connectivity index (χ0v) is 26.7. The van der Waals surface area contributed by atoms with Gasteiger partial charge in [-0.25, -0.2) is 4.39 Å². The Hall–Kier alpha value is -3.96. The van der Waals surface area contributed by atoms with Crippen molar-refractivity contribution < 1.29 is 45.7 Å². The molecule has 0 N–H and O–H groups in total. The number of carbonyl (C=O) groups excluding carboxylic acids is 1. The van der Waals surface area contributed by atoms with Gasteiger partial charge in [-0.05, 0) is 78.2 Å². The van der Waals surface area contributed by atoms with Crippen LogP contribution in [0.25, 0.3) is 11.1 Å². The first kappa shape index (κ1) is 19.3. The van der Waals surface area contributed by atoms with E-state index in [1.54, 1.807) is 0 Å². The molecule has 254 valence electrons. The van der Waals surface area contributed by atoms with E-state index in [9.17, 15) is 29.9 Å². The molecule has 11 heteroatoms. The molecule has 1 aromatic heterocycles. The number of hydrogen-bond acceptors (Lipinski definition) is 5. The van der Waals surface area contributed by atoms with Gasteiger partial charge < -0.3 is 14.4 Å². The number of benzene rings is 3. The summed E-state index contributed by atoms with van der Waals surface area (Å²) in [6.07, 6.45) is -11.5. The molecule has 0 saturated carbocycles. The van der Waals surface area contributed by atoms with Crippen LogP contribution in [0, 0.1) is 11.7 Å². The number of alkyl halides is 3. The minimum Gasteiger partial charge on any atom is -0.336 e. The lowest BCUT2D eigenvalue weighted by Crippen LogP contribution is -2.40. The van der Waals surface area contributed by atoms with Crippen LogP contribution in [0.2, 0.25) is 0 Å². The minimum atomic E-state index is -5.37. The second-order valence-corrected chi connectivity index (χ2v) is 11.2. The molecule has 5 rings (SSSR count). The molecule has 1 aliphatic carbocycles. The van der Waals surface area contributed by atoms with Crippen molar-refractivity contribution in [2.45, 2.75) is 63.7 Å². The van der Waals surface area contributed by atoms with Gasteiger partial charge in [0.1, 0.15) is 12.4 Å². The van der Waals surface area contributed by atoms with Gasteiger partial charge in [-0.3, -0.25) is 9.59 Å². The standard InChI is InChI=1S/C37H40F4N4O2S/c1-4-43(5-2)18-19-44(22-26-6-10-28(11-7-26)29-12-14-30(15-13-29)37(39,40)41)34(46)23-45-33-21-25(3)20-32(33)35(47)42-36(45)48-24-27-8-16-31(38)17-9-27/h6-17,25H,4-5,18-24H2,1-3H3/i6D,7D,10D,11D,12D,13D,14D,15D,18D2,19D2,20D2,21D2,25D. The first-order valence-electron chi connectivity index (χ1n) is 23.0. The van der Waals surface area contributed by atoms with Crippen molar-refractivity contribution in [2.24, 2.45) is 5.89 Å². The van der Waals surface area contributed by atoms with Crippen molar-refractivity contribution in [3.63, 3.8) is 0 Å².